The number of nitrogens with one attached hydrogen (secondary N) is 1. The van der Waals surface area contributed by atoms with E-state index in [0.717, 1.165) is 0 Å². The molecule has 0 radical (unpaired) electrons. The van der Waals surface area contributed by atoms with Crippen molar-refractivity contribution in [2.75, 3.05) is 33.9 Å². The molecule has 2 N–H and O–H groups in total. The summed E-state index contributed by atoms with van der Waals surface area (Å²) in [5.74, 6) is -0.380. The number of hydrogen-bond acceptors (Lipinski definition) is 4. The van der Waals surface area contributed by atoms with Crippen LogP contribution in [0.5, 0.6) is 5.75 Å². The van der Waals surface area contributed by atoms with Gasteiger partial charge in [-0.3, -0.25) is 0 Å². The quantitative estimate of drug-likeness (QED) is 0.704. The summed E-state index contributed by atoms with van der Waals surface area (Å²) >= 11 is 0. The standard InChI is InChI=1S/C12H18FNO3/c1-16-7-6-14-8-10(15)9-4-3-5-11(17-2)12(9)13/h3-5,10,14-15H,6-8H2,1-2H3. The molecule has 0 saturated heterocycles. The summed E-state index contributed by atoms with van der Waals surface area (Å²) in [6.07, 6.45) is -0.901. The van der Waals surface area contributed by atoms with Crippen LogP contribution in [0.4, 0.5) is 4.39 Å². The van der Waals surface area contributed by atoms with Crippen molar-refractivity contribution in [3.63, 3.8) is 0 Å². The summed E-state index contributed by atoms with van der Waals surface area (Å²) in [6, 6.07) is 4.71. The third kappa shape index (κ3) is 3.96. The summed E-state index contributed by atoms with van der Waals surface area (Å²) < 4.78 is 23.5. The highest BCUT2D eigenvalue weighted by molar-refractivity contribution is 5.32. The van der Waals surface area contributed by atoms with Gasteiger partial charge in [0.1, 0.15) is 0 Å². The number of aliphatic hydroxyl groups excluding tert-OH is 1. The second kappa shape index (κ2) is 7.21. The Morgan fingerprint density at radius 3 is 2.82 bits per heavy atom. The molecule has 17 heavy (non-hydrogen) atoms. The number of rotatable bonds is 7. The lowest BCUT2D eigenvalue weighted by Crippen LogP contribution is -2.25. The molecule has 0 amide bonds. The SMILES string of the molecule is COCCNCC(O)c1cccc(OC)c1F. The molecule has 1 aromatic rings. The number of aliphatic hydroxyl groups is 1. The van der Waals surface area contributed by atoms with Gasteiger partial charge in [-0.2, -0.15) is 0 Å². The molecule has 1 atom stereocenters. The Kier molecular flexibility index (Phi) is 5.90. The third-order valence-electron chi connectivity index (χ3n) is 2.39. The molecule has 96 valence electrons. The van der Waals surface area contributed by atoms with Gasteiger partial charge in [-0.15, -0.1) is 0 Å². The van der Waals surface area contributed by atoms with E-state index in [9.17, 15) is 9.50 Å². The van der Waals surface area contributed by atoms with Gasteiger partial charge in [0.15, 0.2) is 11.6 Å². The van der Waals surface area contributed by atoms with Crippen LogP contribution in [-0.4, -0.2) is 39.0 Å². The monoisotopic (exact) mass is 243 g/mol. The Bertz CT molecular complexity index is 347. The van der Waals surface area contributed by atoms with Crippen LogP contribution in [-0.2, 0) is 4.74 Å². The van der Waals surface area contributed by atoms with Gasteiger partial charge in [-0.05, 0) is 6.07 Å². The van der Waals surface area contributed by atoms with E-state index in [1.54, 1.807) is 19.2 Å². The fourth-order valence-electron chi connectivity index (χ4n) is 1.47. The molecule has 1 unspecified atom stereocenters. The first kappa shape index (κ1) is 13.9. The Balaban J connectivity index is 2.59. The average molecular weight is 243 g/mol. The first-order valence-electron chi connectivity index (χ1n) is 5.40. The van der Waals surface area contributed by atoms with Gasteiger partial charge in [0.2, 0.25) is 0 Å². The summed E-state index contributed by atoms with van der Waals surface area (Å²) in [7, 11) is 2.99. The van der Waals surface area contributed by atoms with Crippen LogP contribution in [0.3, 0.4) is 0 Å². The van der Waals surface area contributed by atoms with Crippen molar-refractivity contribution < 1.29 is 19.0 Å². The molecule has 0 heterocycles. The van der Waals surface area contributed by atoms with Gasteiger partial charge in [0.25, 0.3) is 0 Å². The zero-order valence-electron chi connectivity index (χ0n) is 10.1. The molecule has 0 aliphatic rings. The number of ether oxygens (including phenoxy) is 2. The number of methoxy groups -OCH3 is 2. The second-order valence-electron chi connectivity index (χ2n) is 3.58. The molecular formula is C12H18FNO3. The van der Waals surface area contributed by atoms with Crippen molar-refractivity contribution in [1.29, 1.82) is 0 Å². The van der Waals surface area contributed by atoms with E-state index in [1.807, 2.05) is 0 Å². The van der Waals surface area contributed by atoms with E-state index in [2.05, 4.69) is 5.32 Å². The number of halogens is 1. The predicted octanol–water partition coefficient (Wildman–Crippen LogP) is 1.10. The lowest BCUT2D eigenvalue weighted by Gasteiger charge is -2.14. The molecule has 1 aromatic carbocycles. The maximum atomic E-state index is 13.8. The third-order valence-corrected chi connectivity index (χ3v) is 2.39. The molecule has 0 bridgehead atoms. The average Bonchev–Trinajstić information content (AvgIpc) is 2.34. The minimum Gasteiger partial charge on any atom is -0.494 e. The molecule has 0 aromatic heterocycles. The molecule has 0 saturated carbocycles. The first-order valence-corrected chi connectivity index (χ1v) is 5.40. The molecule has 4 nitrogen and oxygen atoms in total. The normalized spacial score (nSPS) is 12.5. The van der Waals surface area contributed by atoms with E-state index in [-0.39, 0.29) is 17.9 Å². The van der Waals surface area contributed by atoms with Gasteiger partial charge in [-0.25, -0.2) is 4.39 Å². The topological polar surface area (TPSA) is 50.7 Å². The maximum absolute atomic E-state index is 13.8. The Morgan fingerprint density at radius 2 is 2.18 bits per heavy atom. The van der Waals surface area contributed by atoms with Crippen molar-refractivity contribution in [2.24, 2.45) is 0 Å². The van der Waals surface area contributed by atoms with Gasteiger partial charge in [-0.1, -0.05) is 12.1 Å². The zero-order valence-corrected chi connectivity index (χ0v) is 10.1. The van der Waals surface area contributed by atoms with E-state index >= 15 is 0 Å². The fourth-order valence-corrected chi connectivity index (χ4v) is 1.47. The summed E-state index contributed by atoms with van der Waals surface area (Å²) in [5, 5.41) is 12.8. The van der Waals surface area contributed by atoms with Crippen molar-refractivity contribution in [1.82, 2.24) is 5.32 Å². The highest BCUT2D eigenvalue weighted by atomic mass is 19.1. The van der Waals surface area contributed by atoms with Crippen LogP contribution in [0.1, 0.15) is 11.7 Å². The van der Waals surface area contributed by atoms with Crippen LogP contribution in [0.15, 0.2) is 18.2 Å². The van der Waals surface area contributed by atoms with Crippen LogP contribution in [0.25, 0.3) is 0 Å². The molecule has 0 aliphatic carbocycles. The van der Waals surface area contributed by atoms with E-state index in [4.69, 9.17) is 9.47 Å². The molecule has 1 rings (SSSR count). The molecule has 5 heteroatoms. The van der Waals surface area contributed by atoms with Crippen molar-refractivity contribution in [3.05, 3.63) is 29.6 Å². The predicted molar refractivity (Wildman–Crippen MR) is 62.7 cm³/mol. The van der Waals surface area contributed by atoms with E-state index < -0.39 is 11.9 Å². The van der Waals surface area contributed by atoms with E-state index in [1.165, 1.54) is 13.2 Å². The fraction of sp³-hybridized carbons (Fsp3) is 0.500. The van der Waals surface area contributed by atoms with Crippen LogP contribution in [0, 0.1) is 5.82 Å². The van der Waals surface area contributed by atoms with Gasteiger partial charge in [0, 0.05) is 25.8 Å². The van der Waals surface area contributed by atoms with Crippen molar-refractivity contribution in [2.45, 2.75) is 6.10 Å². The zero-order chi connectivity index (χ0) is 12.7. The van der Waals surface area contributed by atoms with E-state index in [0.29, 0.717) is 13.2 Å². The smallest absolute Gasteiger partial charge is 0.170 e. The second-order valence-corrected chi connectivity index (χ2v) is 3.58. The maximum Gasteiger partial charge on any atom is 0.170 e. The first-order chi connectivity index (χ1) is 8.20. The largest absolute Gasteiger partial charge is 0.494 e. The summed E-state index contributed by atoms with van der Waals surface area (Å²) in [4.78, 5) is 0. The van der Waals surface area contributed by atoms with Gasteiger partial charge < -0.3 is 19.9 Å². The summed E-state index contributed by atoms with van der Waals surface area (Å²) in [6.45, 7) is 1.43. The van der Waals surface area contributed by atoms with Crippen molar-refractivity contribution >= 4 is 0 Å². The van der Waals surface area contributed by atoms with Crippen LogP contribution in [0.2, 0.25) is 0 Å². The highest BCUT2D eigenvalue weighted by Gasteiger charge is 2.15. The lowest BCUT2D eigenvalue weighted by atomic mass is 10.1. The van der Waals surface area contributed by atoms with Crippen molar-refractivity contribution in [3.8, 4) is 5.75 Å². The molecular weight excluding hydrogens is 225 g/mol. The highest BCUT2D eigenvalue weighted by Crippen LogP contribution is 2.24. The lowest BCUT2D eigenvalue weighted by molar-refractivity contribution is 0.157. The van der Waals surface area contributed by atoms with Gasteiger partial charge in [0.05, 0.1) is 19.8 Å². The van der Waals surface area contributed by atoms with Crippen LogP contribution >= 0.6 is 0 Å². The molecule has 0 spiro atoms. The summed E-state index contributed by atoms with van der Waals surface area (Å²) in [5.41, 5.74) is 0.231. The Morgan fingerprint density at radius 1 is 1.41 bits per heavy atom. The molecule has 0 fully saturated rings. The Hall–Kier alpha value is -1.17. The number of hydrogen-bond donors (Lipinski definition) is 2. The minimum atomic E-state index is -0.901. The molecule has 0 aliphatic heterocycles. The minimum absolute atomic E-state index is 0.137. The van der Waals surface area contributed by atoms with Gasteiger partial charge >= 0.3 is 0 Å². The number of benzene rings is 1. The Labute approximate surface area is 100 Å². The van der Waals surface area contributed by atoms with Crippen LogP contribution < -0.4 is 10.1 Å².